The minimum absolute atomic E-state index is 0.0477. The van der Waals surface area contributed by atoms with Crippen LogP contribution in [0.4, 0.5) is 11.4 Å². The minimum atomic E-state index is -3.77. The molecule has 0 fully saturated rings. The first-order valence-corrected chi connectivity index (χ1v) is 13.7. The number of carbonyl (C=O) groups excluding carboxylic acids is 1. The summed E-state index contributed by atoms with van der Waals surface area (Å²) in [6.45, 7) is 0. The maximum Gasteiger partial charge on any atom is 0.272 e. The Morgan fingerprint density at radius 2 is 1.55 bits per heavy atom. The van der Waals surface area contributed by atoms with Gasteiger partial charge in [0.1, 0.15) is 5.69 Å². The molecule has 0 bridgehead atoms. The Morgan fingerprint density at radius 1 is 0.848 bits per heavy atom. The number of carbonyl (C=O) groups is 1. The number of benzene rings is 3. The fraction of sp³-hybridized carbons (Fsp3) is 0.0455. The summed E-state index contributed by atoms with van der Waals surface area (Å²) in [5.74, 6) is -0.471. The Labute approximate surface area is 199 Å². The van der Waals surface area contributed by atoms with Crippen LogP contribution in [0, 0.1) is 0 Å². The summed E-state index contributed by atoms with van der Waals surface area (Å²) in [6, 6.07) is 18.9. The second-order valence-corrected chi connectivity index (χ2v) is 11.9. The van der Waals surface area contributed by atoms with Gasteiger partial charge in [0, 0.05) is 21.1 Å². The van der Waals surface area contributed by atoms with Crippen LogP contribution in [0.25, 0.3) is 10.9 Å². The van der Waals surface area contributed by atoms with Crippen LogP contribution >= 0.6 is 15.9 Å². The van der Waals surface area contributed by atoms with E-state index >= 15 is 0 Å². The van der Waals surface area contributed by atoms with Crippen LogP contribution in [0.15, 0.2) is 87.1 Å². The smallest absolute Gasteiger partial charge is 0.272 e. The quantitative estimate of drug-likeness (QED) is 0.330. The molecule has 0 saturated carbocycles. The molecule has 33 heavy (non-hydrogen) atoms. The lowest BCUT2D eigenvalue weighted by molar-refractivity contribution is 0.102. The molecule has 1 amide bonds. The molecule has 1 heterocycles. The molecule has 4 rings (SSSR count). The summed E-state index contributed by atoms with van der Waals surface area (Å²) in [5, 5.41) is 3.41. The van der Waals surface area contributed by atoms with E-state index in [1.807, 2.05) is 0 Å². The molecule has 3 N–H and O–H groups in total. The molecular weight excluding hydrogens is 530 g/mol. The number of rotatable bonds is 6. The van der Waals surface area contributed by atoms with Gasteiger partial charge in [-0.05, 0) is 54.6 Å². The number of hydrogen-bond acceptors (Lipinski definition) is 5. The van der Waals surface area contributed by atoms with E-state index in [9.17, 15) is 21.6 Å². The zero-order chi connectivity index (χ0) is 23.8. The normalized spacial score (nSPS) is 11.9. The van der Waals surface area contributed by atoms with E-state index in [4.69, 9.17) is 0 Å². The molecule has 0 unspecified atom stereocenters. The number of hydrogen-bond donors (Lipinski definition) is 3. The summed E-state index contributed by atoms with van der Waals surface area (Å²) < 4.78 is 51.8. The highest BCUT2D eigenvalue weighted by molar-refractivity contribution is 9.10. The van der Waals surface area contributed by atoms with Crippen molar-refractivity contribution in [3.8, 4) is 0 Å². The highest BCUT2D eigenvalue weighted by Gasteiger charge is 2.19. The zero-order valence-corrected chi connectivity index (χ0v) is 20.4. The lowest BCUT2D eigenvalue weighted by atomic mass is 10.2. The maximum absolute atomic E-state index is 13.0. The molecule has 0 aliphatic rings. The Kier molecular flexibility index (Phi) is 6.04. The SMILES string of the molecule is CS(=O)(=O)Nc1ccc2cc(C(=O)Nc3cccc(S(=O)(=O)c4cccc(Br)c4)c3)[nH]c2c1. The molecule has 170 valence electrons. The van der Waals surface area contributed by atoms with Crippen molar-refractivity contribution in [3.05, 3.63) is 83.0 Å². The number of nitrogens with one attached hydrogen (secondary N) is 3. The van der Waals surface area contributed by atoms with Gasteiger partial charge in [0.15, 0.2) is 0 Å². The van der Waals surface area contributed by atoms with Crippen LogP contribution in [0.5, 0.6) is 0 Å². The molecule has 11 heteroatoms. The summed E-state index contributed by atoms with van der Waals surface area (Å²) in [4.78, 5) is 15.9. The number of fused-ring (bicyclic) bond motifs is 1. The predicted molar refractivity (Wildman–Crippen MR) is 131 cm³/mol. The third kappa shape index (κ3) is 5.27. The molecule has 8 nitrogen and oxygen atoms in total. The topological polar surface area (TPSA) is 125 Å². The molecule has 0 radical (unpaired) electrons. The van der Waals surface area contributed by atoms with E-state index in [1.54, 1.807) is 48.5 Å². The average Bonchev–Trinajstić information content (AvgIpc) is 3.16. The van der Waals surface area contributed by atoms with Crippen molar-refractivity contribution in [3.63, 3.8) is 0 Å². The first-order valence-electron chi connectivity index (χ1n) is 9.54. The average molecular weight is 548 g/mol. The summed E-state index contributed by atoms with van der Waals surface area (Å²) in [7, 11) is -7.20. The van der Waals surface area contributed by atoms with E-state index in [2.05, 4.69) is 31.0 Å². The van der Waals surface area contributed by atoms with E-state index in [0.717, 1.165) is 6.26 Å². The van der Waals surface area contributed by atoms with Gasteiger partial charge >= 0.3 is 0 Å². The van der Waals surface area contributed by atoms with Crippen LogP contribution in [0.1, 0.15) is 10.5 Å². The third-order valence-corrected chi connectivity index (χ3v) is 7.53. The van der Waals surface area contributed by atoms with Crippen molar-refractivity contribution in [2.45, 2.75) is 9.79 Å². The highest BCUT2D eigenvalue weighted by atomic mass is 79.9. The number of amides is 1. The number of sulfonamides is 1. The number of aromatic amines is 1. The van der Waals surface area contributed by atoms with Crippen molar-refractivity contribution < 1.29 is 21.6 Å². The van der Waals surface area contributed by atoms with E-state index in [-0.39, 0.29) is 15.5 Å². The summed E-state index contributed by atoms with van der Waals surface area (Å²) >= 11 is 3.27. The fourth-order valence-electron chi connectivity index (χ4n) is 3.24. The Bertz CT molecular complexity index is 1600. The predicted octanol–water partition coefficient (Wildman–Crippen LogP) is 4.39. The van der Waals surface area contributed by atoms with Crippen molar-refractivity contribution in [2.75, 3.05) is 16.3 Å². The Hall–Kier alpha value is -3.15. The minimum Gasteiger partial charge on any atom is -0.350 e. The van der Waals surface area contributed by atoms with Crippen LogP contribution in [0.3, 0.4) is 0 Å². The second-order valence-electron chi connectivity index (χ2n) is 7.30. The van der Waals surface area contributed by atoms with E-state index in [1.165, 1.54) is 24.3 Å². The number of H-pyrrole nitrogens is 1. The van der Waals surface area contributed by atoms with Crippen molar-refractivity contribution in [1.29, 1.82) is 0 Å². The van der Waals surface area contributed by atoms with Crippen molar-refractivity contribution in [1.82, 2.24) is 4.98 Å². The van der Waals surface area contributed by atoms with Gasteiger partial charge in [-0.3, -0.25) is 9.52 Å². The van der Waals surface area contributed by atoms with Crippen LogP contribution in [-0.4, -0.2) is 34.0 Å². The third-order valence-electron chi connectivity index (χ3n) is 4.68. The van der Waals surface area contributed by atoms with E-state index in [0.29, 0.717) is 26.8 Å². The fourth-order valence-corrected chi connectivity index (χ4v) is 5.69. The number of anilines is 2. The Balaban J connectivity index is 1.58. The highest BCUT2D eigenvalue weighted by Crippen LogP contribution is 2.26. The molecule has 4 aromatic rings. The molecule has 0 aliphatic carbocycles. The van der Waals surface area contributed by atoms with Gasteiger partial charge in [0.05, 0.1) is 21.7 Å². The van der Waals surface area contributed by atoms with Gasteiger partial charge in [-0.2, -0.15) is 0 Å². The van der Waals surface area contributed by atoms with Gasteiger partial charge in [-0.25, -0.2) is 16.8 Å². The Morgan fingerprint density at radius 3 is 2.24 bits per heavy atom. The van der Waals surface area contributed by atoms with Crippen LogP contribution in [0.2, 0.25) is 0 Å². The second kappa shape index (κ2) is 8.65. The molecular formula is C22H18BrN3O5S2. The van der Waals surface area contributed by atoms with Crippen LogP contribution in [-0.2, 0) is 19.9 Å². The van der Waals surface area contributed by atoms with Gasteiger partial charge in [-0.1, -0.05) is 34.1 Å². The lowest BCUT2D eigenvalue weighted by Crippen LogP contribution is -2.12. The van der Waals surface area contributed by atoms with Crippen molar-refractivity contribution in [2.24, 2.45) is 0 Å². The monoisotopic (exact) mass is 547 g/mol. The zero-order valence-electron chi connectivity index (χ0n) is 17.2. The standard InChI is InChI=1S/C22H18BrN3O5S2/c1-32(28,29)26-17-9-8-14-10-21(25-20(14)13-17)22(27)24-16-5-3-7-19(12-16)33(30,31)18-6-2-4-15(23)11-18/h2-13,25-26H,1H3,(H,24,27). The lowest BCUT2D eigenvalue weighted by Gasteiger charge is -2.08. The number of aromatic nitrogens is 1. The molecule has 3 aromatic carbocycles. The molecule has 0 spiro atoms. The summed E-state index contributed by atoms with van der Waals surface area (Å²) in [5.41, 5.74) is 1.49. The van der Waals surface area contributed by atoms with Crippen LogP contribution < -0.4 is 10.0 Å². The van der Waals surface area contributed by atoms with Gasteiger partial charge in [0.25, 0.3) is 5.91 Å². The van der Waals surface area contributed by atoms with Gasteiger partial charge < -0.3 is 10.3 Å². The van der Waals surface area contributed by atoms with E-state index < -0.39 is 25.8 Å². The maximum atomic E-state index is 13.0. The summed E-state index contributed by atoms with van der Waals surface area (Å²) in [6.07, 6.45) is 1.05. The molecule has 0 atom stereocenters. The number of halogens is 1. The van der Waals surface area contributed by atoms with Crippen molar-refractivity contribution >= 4 is 64.0 Å². The van der Waals surface area contributed by atoms with Gasteiger partial charge in [0.2, 0.25) is 19.9 Å². The first-order chi connectivity index (χ1) is 15.5. The number of sulfone groups is 1. The first kappa shape index (κ1) is 23.0. The molecule has 1 aromatic heterocycles. The van der Waals surface area contributed by atoms with Gasteiger partial charge in [-0.15, -0.1) is 0 Å². The molecule has 0 saturated heterocycles. The molecule has 0 aliphatic heterocycles. The largest absolute Gasteiger partial charge is 0.350 e.